The lowest BCUT2D eigenvalue weighted by atomic mass is 9.92. The number of nitrogens with zero attached hydrogens (tertiary/aromatic N) is 5. The molecule has 2 aliphatic rings. The third-order valence-electron chi connectivity index (χ3n) is 4.64. The smallest absolute Gasteiger partial charge is 0.236 e. The Labute approximate surface area is 135 Å². The molecule has 3 rings (SSSR count). The SMILES string of the molecule is C[C@@H]1CCN(C(=O)CC#N)C[C@@H]1N(C)c1ncnc2c1CON2. The van der Waals surface area contributed by atoms with E-state index in [4.69, 9.17) is 10.1 Å². The molecule has 0 bridgehead atoms. The number of anilines is 2. The molecule has 1 aromatic rings. The maximum Gasteiger partial charge on any atom is 0.236 e. The molecule has 1 aromatic heterocycles. The Hall–Kier alpha value is -2.40. The van der Waals surface area contributed by atoms with Crippen LogP contribution in [0.4, 0.5) is 11.6 Å². The molecule has 0 radical (unpaired) electrons. The Kier molecular flexibility index (Phi) is 4.30. The van der Waals surface area contributed by atoms with Gasteiger partial charge in [-0.15, -0.1) is 0 Å². The van der Waals surface area contributed by atoms with Gasteiger partial charge in [-0.2, -0.15) is 5.26 Å². The number of fused-ring (bicyclic) bond motifs is 1. The van der Waals surface area contributed by atoms with E-state index in [9.17, 15) is 4.79 Å². The fourth-order valence-corrected chi connectivity index (χ4v) is 3.22. The van der Waals surface area contributed by atoms with Gasteiger partial charge in [-0.25, -0.2) is 15.4 Å². The zero-order valence-electron chi connectivity index (χ0n) is 13.3. The molecule has 23 heavy (non-hydrogen) atoms. The minimum absolute atomic E-state index is 0.0640. The van der Waals surface area contributed by atoms with Crippen molar-refractivity contribution in [3.05, 3.63) is 11.9 Å². The van der Waals surface area contributed by atoms with Gasteiger partial charge in [-0.3, -0.25) is 9.63 Å². The first-order chi connectivity index (χ1) is 11.1. The molecule has 0 saturated carbocycles. The molecule has 1 N–H and O–H groups in total. The van der Waals surface area contributed by atoms with Crippen molar-refractivity contribution in [3.63, 3.8) is 0 Å². The van der Waals surface area contributed by atoms with Crippen LogP contribution >= 0.6 is 0 Å². The first-order valence-corrected chi connectivity index (χ1v) is 7.71. The van der Waals surface area contributed by atoms with Crippen LogP contribution in [0.5, 0.6) is 0 Å². The molecule has 1 saturated heterocycles. The van der Waals surface area contributed by atoms with Crippen molar-refractivity contribution in [3.8, 4) is 6.07 Å². The Morgan fingerprint density at radius 2 is 2.43 bits per heavy atom. The summed E-state index contributed by atoms with van der Waals surface area (Å²) in [5.74, 6) is 1.84. The molecule has 0 aliphatic carbocycles. The second kappa shape index (κ2) is 6.38. The molecule has 0 unspecified atom stereocenters. The Morgan fingerprint density at radius 3 is 3.22 bits per heavy atom. The van der Waals surface area contributed by atoms with Crippen molar-refractivity contribution in [1.82, 2.24) is 14.9 Å². The fourth-order valence-electron chi connectivity index (χ4n) is 3.22. The normalized spacial score (nSPS) is 22.9. The van der Waals surface area contributed by atoms with Crippen LogP contribution in [0.25, 0.3) is 0 Å². The Bertz CT molecular complexity index is 643. The van der Waals surface area contributed by atoms with Gasteiger partial charge in [0.15, 0.2) is 5.82 Å². The maximum atomic E-state index is 12.0. The van der Waals surface area contributed by atoms with Gasteiger partial charge in [0.1, 0.15) is 25.2 Å². The monoisotopic (exact) mass is 316 g/mol. The molecular formula is C15H20N6O2. The van der Waals surface area contributed by atoms with Crippen molar-refractivity contribution in [2.45, 2.75) is 32.4 Å². The number of amides is 1. The number of hydrogen-bond donors (Lipinski definition) is 1. The number of piperidine rings is 1. The van der Waals surface area contributed by atoms with E-state index in [0.29, 0.717) is 31.4 Å². The molecule has 2 atom stereocenters. The summed E-state index contributed by atoms with van der Waals surface area (Å²) in [6.07, 6.45) is 2.36. The number of nitrogens with one attached hydrogen (secondary N) is 1. The van der Waals surface area contributed by atoms with Crippen molar-refractivity contribution < 1.29 is 9.63 Å². The van der Waals surface area contributed by atoms with Crippen LogP contribution in [0.3, 0.4) is 0 Å². The molecule has 2 aliphatic heterocycles. The van der Waals surface area contributed by atoms with Crippen LogP contribution in [-0.4, -0.2) is 47.0 Å². The van der Waals surface area contributed by atoms with Crippen LogP contribution in [0.15, 0.2) is 6.33 Å². The number of carbonyl (C=O) groups excluding carboxylic acids is 1. The number of likely N-dealkylation sites (tertiary alicyclic amines) is 1. The Morgan fingerprint density at radius 1 is 1.61 bits per heavy atom. The summed E-state index contributed by atoms with van der Waals surface area (Å²) in [5, 5.41) is 8.73. The van der Waals surface area contributed by atoms with E-state index >= 15 is 0 Å². The summed E-state index contributed by atoms with van der Waals surface area (Å²) in [4.78, 5) is 29.7. The summed E-state index contributed by atoms with van der Waals surface area (Å²) in [5.41, 5.74) is 3.71. The summed E-state index contributed by atoms with van der Waals surface area (Å²) < 4.78 is 0. The molecule has 0 aromatic carbocycles. The quantitative estimate of drug-likeness (QED) is 0.886. The number of carbonyl (C=O) groups is 1. The fraction of sp³-hybridized carbons (Fsp3) is 0.600. The lowest BCUT2D eigenvalue weighted by Gasteiger charge is -2.42. The van der Waals surface area contributed by atoms with Gasteiger partial charge in [0.25, 0.3) is 0 Å². The molecule has 0 spiro atoms. The second-order valence-electron chi connectivity index (χ2n) is 6.03. The summed E-state index contributed by atoms with van der Waals surface area (Å²) in [7, 11) is 1.99. The van der Waals surface area contributed by atoms with Gasteiger partial charge >= 0.3 is 0 Å². The highest BCUT2D eigenvalue weighted by Crippen LogP contribution is 2.32. The zero-order valence-corrected chi connectivity index (χ0v) is 13.3. The van der Waals surface area contributed by atoms with Crippen molar-refractivity contribution in [2.75, 3.05) is 30.5 Å². The number of likely N-dealkylation sites (N-methyl/N-ethyl adjacent to an activating group) is 1. The second-order valence-corrected chi connectivity index (χ2v) is 6.03. The minimum atomic E-state index is -0.101. The minimum Gasteiger partial charge on any atom is -0.354 e. The van der Waals surface area contributed by atoms with E-state index in [1.165, 1.54) is 6.33 Å². The zero-order chi connectivity index (χ0) is 16.4. The molecule has 8 nitrogen and oxygen atoms in total. The van der Waals surface area contributed by atoms with E-state index in [1.54, 1.807) is 4.90 Å². The van der Waals surface area contributed by atoms with Crippen LogP contribution in [0, 0.1) is 17.2 Å². The largest absolute Gasteiger partial charge is 0.354 e. The van der Waals surface area contributed by atoms with Crippen molar-refractivity contribution in [1.29, 1.82) is 5.26 Å². The summed E-state index contributed by atoms with van der Waals surface area (Å²) >= 11 is 0. The predicted molar refractivity (Wildman–Crippen MR) is 83.2 cm³/mol. The number of rotatable bonds is 3. The highest BCUT2D eigenvalue weighted by Gasteiger charge is 2.33. The molecule has 1 fully saturated rings. The van der Waals surface area contributed by atoms with Gasteiger partial charge in [-0.1, -0.05) is 6.92 Å². The average molecular weight is 316 g/mol. The van der Waals surface area contributed by atoms with Crippen LogP contribution < -0.4 is 10.4 Å². The van der Waals surface area contributed by atoms with E-state index in [-0.39, 0.29) is 18.4 Å². The molecular weight excluding hydrogens is 296 g/mol. The van der Waals surface area contributed by atoms with E-state index < -0.39 is 0 Å². The van der Waals surface area contributed by atoms with Crippen molar-refractivity contribution in [2.24, 2.45) is 5.92 Å². The third-order valence-corrected chi connectivity index (χ3v) is 4.64. The number of hydrogen-bond acceptors (Lipinski definition) is 7. The van der Waals surface area contributed by atoms with E-state index in [0.717, 1.165) is 17.8 Å². The highest BCUT2D eigenvalue weighted by molar-refractivity contribution is 5.78. The van der Waals surface area contributed by atoms with Gasteiger partial charge in [0.2, 0.25) is 5.91 Å². The predicted octanol–water partition coefficient (Wildman–Crippen LogP) is 0.921. The van der Waals surface area contributed by atoms with Gasteiger partial charge in [0, 0.05) is 20.1 Å². The molecule has 1 amide bonds. The van der Waals surface area contributed by atoms with Crippen LogP contribution in [0.1, 0.15) is 25.3 Å². The molecule has 122 valence electrons. The molecule has 8 heteroatoms. The standard InChI is InChI=1S/C15H20N6O2/c1-10-4-6-21(13(22)3-5-16)7-12(10)20(2)15-11-8-23-19-14(11)17-9-18-15/h9-10,12H,3-4,6-8H2,1-2H3,(H,17,18,19)/t10-,12+/m1/s1. The molecule has 3 heterocycles. The maximum absolute atomic E-state index is 12.0. The van der Waals surface area contributed by atoms with E-state index in [2.05, 4.69) is 27.3 Å². The highest BCUT2D eigenvalue weighted by atomic mass is 16.7. The number of nitriles is 1. The summed E-state index contributed by atoms with van der Waals surface area (Å²) in [6, 6.07) is 2.08. The van der Waals surface area contributed by atoms with Gasteiger partial charge in [-0.05, 0) is 12.3 Å². The van der Waals surface area contributed by atoms with Gasteiger partial charge in [0.05, 0.1) is 17.7 Å². The topological polar surface area (TPSA) is 94.4 Å². The van der Waals surface area contributed by atoms with E-state index in [1.807, 2.05) is 13.1 Å². The van der Waals surface area contributed by atoms with Crippen LogP contribution in [-0.2, 0) is 16.2 Å². The van der Waals surface area contributed by atoms with Crippen LogP contribution in [0.2, 0.25) is 0 Å². The average Bonchev–Trinajstić information content (AvgIpc) is 3.03. The van der Waals surface area contributed by atoms with Gasteiger partial charge < -0.3 is 9.80 Å². The first kappa shape index (κ1) is 15.5. The number of aromatic nitrogens is 2. The van der Waals surface area contributed by atoms with Crippen molar-refractivity contribution >= 4 is 17.5 Å². The summed E-state index contributed by atoms with van der Waals surface area (Å²) in [6.45, 7) is 3.92. The first-order valence-electron chi connectivity index (χ1n) is 7.71. The lowest BCUT2D eigenvalue weighted by Crippen LogP contribution is -2.53. The third kappa shape index (κ3) is 2.92. The Balaban J connectivity index is 1.80. The lowest BCUT2D eigenvalue weighted by molar-refractivity contribution is -0.131.